The fourth-order valence-electron chi connectivity index (χ4n) is 4.20. The minimum Gasteiger partial charge on any atom is -0.357 e. The zero-order valence-electron chi connectivity index (χ0n) is 16.2. The minimum atomic E-state index is -3.18. The third-order valence-electron chi connectivity index (χ3n) is 5.75. The van der Waals surface area contributed by atoms with Gasteiger partial charge in [-0.15, -0.1) is 0 Å². The molecule has 1 aromatic heterocycles. The molecule has 1 saturated heterocycles. The smallest absolute Gasteiger partial charge is 0.175 e. The highest BCUT2D eigenvalue weighted by Crippen LogP contribution is 2.36. The highest BCUT2D eigenvalue weighted by atomic mass is 32.2. The van der Waals surface area contributed by atoms with Gasteiger partial charge >= 0.3 is 0 Å². The number of piperidine rings is 1. The predicted molar refractivity (Wildman–Crippen MR) is 109 cm³/mol. The number of likely N-dealkylation sites (tertiary alicyclic amines) is 1. The molecule has 0 amide bonds. The third kappa shape index (κ3) is 3.84. The van der Waals surface area contributed by atoms with Crippen molar-refractivity contribution in [1.82, 2.24) is 9.88 Å². The molecule has 0 bridgehead atoms. The highest BCUT2D eigenvalue weighted by Gasteiger charge is 2.30. The van der Waals surface area contributed by atoms with Crippen molar-refractivity contribution in [2.45, 2.75) is 49.7 Å². The van der Waals surface area contributed by atoms with Crippen LogP contribution in [0.15, 0.2) is 53.4 Å². The molecule has 0 saturated carbocycles. The van der Waals surface area contributed by atoms with Crippen LogP contribution in [-0.4, -0.2) is 30.6 Å². The zero-order chi connectivity index (χ0) is 19.9. The van der Waals surface area contributed by atoms with Crippen molar-refractivity contribution in [1.29, 1.82) is 0 Å². The molecule has 1 fully saturated rings. The van der Waals surface area contributed by atoms with Crippen LogP contribution in [-0.2, 0) is 16.4 Å². The summed E-state index contributed by atoms with van der Waals surface area (Å²) in [6.45, 7) is 2.99. The second-order valence-electron chi connectivity index (χ2n) is 7.84. The van der Waals surface area contributed by atoms with E-state index in [1.807, 2.05) is 12.1 Å². The maximum atomic E-state index is 13.6. The molecular weight excluding hydrogens is 375 g/mol. The number of aromatic nitrogens is 1. The Morgan fingerprint density at radius 3 is 2.57 bits per heavy atom. The number of rotatable bonds is 4. The molecule has 28 heavy (non-hydrogen) atoms. The normalized spacial score (nSPS) is 21.2. The van der Waals surface area contributed by atoms with E-state index in [2.05, 4.69) is 22.9 Å². The molecular formula is C22H25FN2O2S. The van der Waals surface area contributed by atoms with Crippen LogP contribution in [0.3, 0.4) is 0 Å². The summed E-state index contributed by atoms with van der Waals surface area (Å²) in [6.07, 6.45) is 4.55. The summed E-state index contributed by atoms with van der Waals surface area (Å²) in [7, 11) is -3.18. The van der Waals surface area contributed by atoms with Crippen LogP contribution in [0.25, 0.3) is 10.9 Å². The number of nitrogens with zero attached hydrogens (tertiary/aromatic N) is 1. The largest absolute Gasteiger partial charge is 0.357 e. The van der Waals surface area contributed by atoms with Crippen molar-refractivity contribution < 1.29 is 12.8 Å². The van der Waals surface area contributed by atoms with Crippen LogP contribution < -0.4 is 0 Å². The van der Waals surface area contributed by atoms with Crippen molar-refractivity contribution in [3.05, 3.63) is 65.6 Å². The summed E-state index contributed by atoms with van der Waals surface area (Å²) in [5, 5.41) is 0.894. The van der Waals surface area contributed by atoms with Gasteiger partial charge in [0.15, 0.2) is 9.84 Å². The van der Waals surface area contributed by atoms with Gasteiger partial charge in [0.2, 0.25) is 0 Å². The molecule has 1 aliphatic heterocycles. The van der Waals surface area contributed by atoms with E-state index in [9.17, 15) is 12.8 Å². The first-order valence-corrected chi connectivity index (χ1v) is 11.5. The van der Waals surface area contributed by atoms with Crippen molar-refractivity contribution in [3.8, 4) is 0 Å². The molecule has 2 unspecified atom stereocenters. The van der Waals surface area contributed by atoms with Crippen LogP contribution in [0.1, 0.15) is 43.5 Å². The molecule has 6 heteroatoms. The molecule has 0 spiro atoms. The lowest BCUT2D eigenvalue weighted by Crippen LogP contribution is -2.39. The predicted octanol–water partition coefficient (Wildman–Crippen LogP) is 4.83. The monoisotopic (exact) mass is 400 g/mol. The molecule has 0 radical (unpaired) electrons. The van der Waals surface area contributed by atoms with Gasteiger partial charge in [0.25, 0.3) is 0 Å². The summed E-state index contributed by atoms with van der Waals surface area (Å²) in [5.74, 6) is -0.224. The Kier molecular flexibility index (Phi) is 5.02. The zero-order valence-corrected chi connectivity index (χ0v) is 17.0. The third-order valence-corrected chi connectivity index (χ3v) is 6.87. The summed E-state index contributed by atoms with van der Waals surface area (Å²) in [4.78, 5) is 6.27. The molecule has 4 rings (SSSR count). The van der Waals surface area contributed by atoms with E-state index in [0.717, 1.165) is 48.0 Å². The van der Waals surface area contributed by atoms with Gasteiger partial charge in [-0.1, -0.05) is 12.1 Å². The Balaban J connectivity index is 1.62. The molecule has 2 atom stereocenters. The van der Waals surface area contributed by atoms with Crippen molar-refractivity contribution in [3.63, 3.8) is 0 Å². The molecule has 1 aliphatic rings. The second kappa shape index (κ2) is 7.33. The van der Waals surface area contributed by atoms with Crippen LogP contribution in [0, 0.1) is 5.82 Å². The fourth-order valence-corrected chi connectivity index (χ4v) is 4.83. The molecule has 2 heterocycles. The Bertz CT molecular complexity index is 1090. The Hall–Kier alpha value is -2.18. The quantitative estimate of drug-likeness (QED) is 0.683. The van der Waals surface area contributed by atoms with E-state index >= 15 is 0 Å². The SMILES string of the molecule is CC1CCCC(c2cc3cc(F)ccc3[nH]2)N1Cc1ccc(S(C)(=O)=O)cc1. The van der Waals surface area contributed by atoms with Gasteiger partial charge in [-0.05, 0) is 68.1 Å². The minimum absolute atomic E-state index is 0.224. The van der Waals surface area contributed by atoms with Gasteiger partial charge in [-0.2, -0.15) is 0 Å². The lowest BCUT2D eigenvalue weighted by molar-refractivity contribution is 0.0822. The van der Waals surface area contributed by atoms with Crippen LogP contribution in [0.5, 0.6) is 0 Å². The number of sulfone groups is 1. The van der Waals surface area contributed by atoms with E-state index < -0.39 is 9.84 Å². The number of fused-ring (bicyclic) bond motifs is 1. The van der Waals surface area contributed by atoms with Gasteiger partial charge < -0.3 is 4.98 Å². The van der Waals surface area contributed by atoms with E-state index in [-0.39, 0.29) is 11.9 Å². The molecule has 2 aromatic carbocycles. The second-order valence-corrected chi connectivity index (χ2v) is 9.86. The highest BCUT2D eigenvalue weighted by molar-refractivity contribution is 7.90. The molecule has 0 aliphatic carbocycles. The maximum Gasteiger partial charge on any atom is 0.175 e. The Morgan fingerprint density at radius 2 is 1.86 bits per heavy atom. The van der Waals surface area contributed by atoms with Gasteiger partial charge in [-0.3, -0.25) is 4.90 Å². The fraction of sp³-hybridized carbons (Fsp3) is 0.364. The van der Waals surface area contributed by atoms with Crippen molar-refractivity contribution in [2.75, 3.05) is 6.26 Å². The van der Waals surface area contributed by atoms with E-state index in [0.29, 0.717) is 10.9 Å². The standard InChI is InChI=1S/C22H25FN2O2S/c1-15-4-3-5-22(21-13-17-12-18(23)8-11-20(17)24-21)25(15)14-16-6-9-19(10-7-16)28(2,26)27/h6-13,15,22,24H,3-5,14H2,1-2H3. The molecule has 1 N–H and O–H groups in total. The molecule has 4 nitrogen and oxygen atoms in total. The molecule has 148 valence electrons. The van der Waals surface area contributed by atoms with Crippen LogP contribution >= 0.6 is 0 Å². The first-order valence-electron chi connectivity index (χ1n) is 9.64. The van der Waals surface area contributed by atoms with E-state index in [4.69, 9.17) is 0 Å². The number of nitrogens with one attached hydrogen (secondary N) is 1. The number of aromatic amines is 1. The first-order chi connectivity index (χ1) is 13.3. The lowest BCUT2D eigenvalue weighted by atomic mass is 9.93. The maximum absolute atomic E-state index is 13.6. The average Bonchev–Trinajstić information content (AvgIpc) is 3.06. The van der Waals surface area contributed by atoms with Gasteiger partial charge in [0.05, 0.1) is 10.9 Å². The van der Waals surface area contributed by atoms with Gasteiger partial charge in [0.1, 0.15) is 5.82 Å². The van der Waals surface area contributed by atoms with Gasteiger partial charge in [0, 0.05) is 35.4 Å². The van der Waals surface area contributed by atoms with E-state index in [1.165, 1.54) is 12.3 Å². The Morgan fingerprint density at radius 1 is 1.11 bits per heavy atom. The van der Waals surface area contributed by atoms with Gasteiger partial charge in [-0.25, -0.2) is 12.8 Å². The number of halogens is 1. The first kappa shape index (κ1) is 19.2. The summed E-state index contributed by atoms with van der Waals surface area (Å²) >= 11 is 0. The number of H-pyrrole nitrogens is 1. The summed E-state index contributed by atoms with van der Waals surface area (Å²) in [6, 6.07) is 14.7. The van der Waals surface area contributed by atoms with Crippen LogP contribution in [0.2, 0.25) is 0 Å². The van der Waals surface area contributed by atoms with Crippen molar-refractivity contribution >= 4 is 20.7 Å². The number of benzene rings is 2. The lowest BCUT2D eigenvalue weighted by Gasteiger charge is -2.40. The molecule has 3 aromatic rings. The van der Waals surface area contributed by atoms with E-state index in [1.54, 1.807) is 24.3 Å². The summed E-state index contributed by atoms with van der Waals surface area (Å²) in [5.41, 5.74) is 3.15. The topological polar surface area (TPSA) is 53.2 Å². The number of hydrogen-bond donors (Lipinski definition) is 1. The Labute approximate surface area is 165 Å². The average molecular weight is 401 g/mol. The summed E-state index contributed by atoms with van der Waals surface area (Å²) < 4.78 is 36.9. The van der Waals surface area contributed by atoms with Crippen molar-refractivity contribution in [2.24, 2.45) is 0 Å². The van der Waals surface area contributed by atoms with Crippen LogP contribution in [0.4, 0.5) is 4.39 Å². The number of hydrogen-bond acceptors (Lipinski definition) is 3.